The molecule has 0 aliphatic carbocycles. The van der Waals surface area contributed by atoms with Crippen molar-refractivity contribution in [1.29, 1.82) is 0 Å². The van der Waals surface area contributed by atoms with Crippen LogP contribution in [0.15, 0.2) is 48.5 Å². The Kier molecular flexibility index (Phi) is 9.28. The minimum absolute atomic E-state index is 0.0736. The number of carbonyl (C=O) groups is 2. The second-order valence-corrected chi connectivity index (χ2v) is 9.72. The molecular formula is C28H38N4O3. The third kappa shape index (κ3) is 7.88. The number of ether oxygens (including phenoxy) is 1. The van der Waals surface area contributed by atoms with Crippen LogP contribution in [0.2, 0.25) is 0 Å². The normalized spacial score (nSPS) is 17.7. The highest BCUT2D eigenvalue weighted by Crippen LogP contribution is 2.21. The predicted molar refractivity (Wildman–Crippen MR) is 138 cm³/mol. The number of aryl methyl sites for hydroxylation is 1. The summed E-state index contributed by atoms with van der Waals surface area (Å²) in [5.41, 5.74) is 3.26. The van der Waals surface area contributed by atoms with Gasteiger partial charge in [0.2, 0.25) is 5.91 Å². The van der Waals surface area contributed by atoms with E-state index in [0.29, 0.717) is 24.3 Å². The fourth-order valence-corrected chi connectivity index (χ4v) is 4.79. The fraction of sp³-hybridized carbons (Fsp3) is 0.500. The SMILES string of the molecule is Cc1ccc(CNC(=O)c2ccccc2NC(=O)CN2CCC(CCN3CCOCC3)CC2)cc1. The highest BCUT2D eigenvalue weighted by Gasteiger charge is 2.22. The molecule has 0 aromatic heterocycles. The van der Waals surface area contributed by atoms with E-state index in [1.807, 2.05) is 43.3 Å². The number of likely N-dealkylation sites (tertiary alicyclic amines) is 1. The molecule has 0 saturated carbocycles. The van der Waals surface area contributed by atoms with E-state index in [0.717, 1.165) is 70.3 Å². The standard InChI is InChI=1S/C28H38N4O3/c1-22-6-8-24(9-7-22)20-29-28(34)25-4-2-3-5-26(25)30-27(33)21-32-14-11-23(12-15-32)10-13-31-16-18-35-19-17-31/h2-9,23H,10-21H2,1H3,(H,29,34)(H,30,33). The van der Waals surface area contributed by atoms with Crippen LogP contribution in [0.4, 0.5) is 5.69 Å². The van der Waals surface area contributed by atoms with Crippen LogP contribution in [0.25, 0.3) is 0 Å². The number of para-hydroxylation sites is 1. The summed E-state index contributed by atoms with van der Waals surface area (Å²) in [6, 6.07) is 15.3. The average Bonchev–Trinajstić information content (AvgIpc) is 2.88. The van der Waals surface area contributed by atoms with Gasteiger partial charge < -0.3 is 15.4 Å². The van der Waals surface area contributed by atoms with Gasteiger partial charge in [-0.15, -0.1) is 0 Å². The van der Waals surface area contributed by atoms with Gasteiger partial charge in [-0.05, 0) is 69.4 Å². The monoisotopic (exact) mass is 478 g/mol. The summed E-state index contributed by atoms with van der Waals surface area (Å²) in [7, 11) is 0. The Bertz CT molecular complexity index is 964. The summed E-state index contributed by atoms with van der Waals surface area (Å²) in [5, 5.41) is 5.92. The van der Waals surface area contributed by atoms with Crippen molar-refractivity contribution in [2.24, 2.45) is 5.92 Å². The first-order valence-electron chi connectivity index (χ1n) is 12.8. The molecule has 2 aromatic carbocycles. The van der Waals surface area contributed by atoms with E-state index in [1.165, 1.54) is 12.0 Å². The van der Waals surface area contributed by atoms with Crippen LogP contribution in [0.3, 0.4) is 0 Å². The molecule has 0 radical (unpaired) electrons. The summed E-state index contributed by atoms with van der Waals surface area (Å²) in [6.07, 6.45) is 3.50. The molecule has 2 heterocycles. The minimum atomic E-state index is -0.192. The fourth-order valence-electron chi connectivity index (χ4n) is 4.79. The van der Waals surface area contributed by atoms with Gasteiger partial charge >= 0.3 is 0 Å². The molecule has 0 unspecified atom stereocenters. The Morgan fingerprint density at radius 3 is 2.40 bits per heavy atom. The van der Waals surface area contributed by atoms with E-state index in [9.17, 15) is 9.59 Å². The summed E-state index contributed by atoms with van der Waals surface area (Å²) in [4.78, 5) is 30.3. The number of hydrogen-bond donors (Lipinski definition) is 2. The highest BCUT2D eigenvalue weighted by molar-refractivity contribution is 6.04. The first kappa shape index (κ1) is 25.4. The van der Waals surface area contributed by atoms with Gasteiger partial charge in [-0.3, -0.25) is 19.4 Å². The number of piperidine rings is 1. The zero-order valence-electron chi connectivity index (χ0n) is 20.8. The number of rotatable bonds is 9. The molecule has 2 aromatic rings. The highest BCUT2D eigenvalue weighted by atomic mass is 16.5. The number of anilines is 1. The second-order valence-electron chi connectivity index (χ2n) is 9.72. The quantitative estimate of drug-likeness (QED) is 0.579. The second kappa shape index (κ2) is 12.8. The molecule has 7 nitrogen and oxygen atoms in total. The molecule has 2 amide bonds. The molecule has 2 aliphatic heterocycles. The van der Waals surface area contributed by atoms with E-state index in [-0.39, 0.29) is 11.8 Å². The molecule has 188 valence electrons. The number of carbonyl (C=O) groups excluding carboxylic acids is 2. The lowest BCUT2D eigenvalue weighted by atomic mass is 9.93. The average molecular weight is 479 g/mol. The number of nitrogens with one attached hydrogen (secondary N) is 2. The number of morpholine rings is 1. The van der Waals surface area contributed by atoms with Crippen LogP contribution in [0, 0.1) is 12.8 Å². The number of amides is 2. The van der Waals surface area contributed by atoms with Crippen molar-refractivity contribution in [3.05, 3.63) is 65.2 Å². The van der Waals surface area contributed by atoms with E-state index < -0.39 is 0 Å². The molecule has 35 heavy (non-hydrogen) atoms. The van der Waals surface area contributed by atoms with Crippen molar-refractivity contribution in [2.45, 2.75) is 32.7 Å². The van der Waals surface area contributed by atoms with Gasteiger partial charge in [-0.2, -0.15) is 0 Å². The van der Waals surface area contributed by atoms with Gasteiger partial charge in [0.25, 0.3) is 5.91 Å². The molecule has 0 bridgehead atoms. The number of hydrogen-bond acceptors (Lipinski definition) is 5. The Hall–Kier alpha value is -2.74. The van der Waals surface area contributed by atoms with Gasteiger partial charge in [0, 0.05) is 19.6 Å². The lowest BCUT2D eigenvalue weighted by molar-refractivity contribution is -0.117. The van der Waals surface area contributed by atoms with E-state index in [2.05, 4.69) is 20.4 Å². The van der Waals surface area contributed by atoms with Crippen LogP contribution in [-0.4, -0.2) is 74.1 Å². The summed E-state index contributed by atoms with van der Waals surface area (Å²) in [5.74, 6) is 0.466. The van der Waals surface area contributed by atoms with Crippen molar-refractivity contribution in [3.63, 3.8) is 0 Å². The lowest BCUT2D eigenvalue weighted by Gasteiger charge is -2.33. The zero-order chi connectivity index (χ0) is 24.5. The minimum Gasteiger partial charge on any atom is -0.379 e. The smallest absolute Gasteiger partial charge is 0.253 e. The number of nitrogens with zero attached hydrogens (tertiary/aromatic N) is 2. The largest absolute Gasteiger partial charge is 0.379 e. The summed E-state index contributed by atoms with van der Waals surface area (Å²) in [6.45, 7) is 9.68. The third-order valence-electron chi connectivity index (χ3n) is 7.05. The molecule has 2 saturated heterocycles. The van der Waals surface area contributed by atoms with Crippen molar-refractivity contribution in [2.75, 3.05) is 57.8 Å². The molecule has 0 spiro atoms. The molecule has 2 fully saturated rings. The van der Waals surface area contributed by atoms with Crippen LogP contribution >= 0.6 is 0 Å². The Morgan fingerprint density at radius 1 is 0.943 bits per heavy atom. The van der Waals surface area contributed by atoms with Gasteiger partial charge in [0.05, 0.1) is 31.0 Å². The van der Waals surface area contributed by atoms with Crippen molar-refractivity contribution < 1.29 is 14.3 Å². The maximum Gasteiger partial charge on any atom is 0.253 e. The van der Waals surface area contributed by atoms with Crippen LogP contribution in [0.1, 0.15) is 40.7 Å². The first-order chi connectivity index (χ1) is 17.1. The predicted octanol–water partition coefficient (Wildman–Crippen LogP) is 3.30. The molecule has 7 heteroatoms. The van der Waals surface area contributed by atoms with Gasteiger partial charge in [-0.25, -0.2) is 0 Å². The molecule has 0 atom stereocenters. The maximum atomic E-state index is 12.8. The van der Waals surface area contributed by atoms with Crippen molar-refractivity contribution >= 4 is 17.5 Å². The van der Waals surface area contributed by atoms with E-state index >= 15 is 0 Å². The topological polar surface area (TPSA) is 73.9 Å². The van der Waals surface area contributed by atoms with E-state index in [4.69, 9.17) is 4.74 Å². The number of benzene rings is 2. The van der Waals surface area contributed by atoms with E-state index in [1.54, 1.807) is 12.1 Å². The summed E-state index contributed by atoms with van der Waals surface area (Å²) >= 11 is 0. The van der Waals surface area contributed by atoms with Gasteiger partial charge in [0.15, 0.2) is 0 Å². The van der Waals surface area contributed by atoms with Gasteiger partial charge in [0.1, 0.15) is 0 Å². The van der Waals surface area contributed by atoms with Crippen molar-refractivity contribution in [1.82, 2.24) is 15.1 Å². The Balaban J connectivity index is 1.21. The lowest BCUT2D eigenvalue weighted by Crippen LogP contribution is -2.41. The molecule has 2 aliphatic rings. The molecule has 4 rings (SSSR count). The molecule has 2 N–H and O–H groups in total. The Morgan fingerprint density at radius 2 is 1.66 bits per heavy atom. The Labute approximate surface area is 208 Å². The zero-order valence-corrected chi connectivity index (χ0v) is 20.8. The maximum absolute atomic E-state index is 12.8. The van der Waals surface area contributed by atoms with Crippen LogP contribution < -0.4 is 10.6 Å². The van der Waals surface area contributed by atoms with Crippen LogP contribution in [-0.2, 0) is 16.1 Å². The summed E-state index contributed by atoms with van der Waals surface area (Å²) < 4.78 is 5.43. The van der Waals surface area contributed by atoms with Crippen LogP contribution in [0.5, 0.6) is 0 Å². The van der Waals surface area contributed by atoms with Crippen molar-refractivity contribution in [3.8, 4) is 0 Å². The first-order valence-corrected chi connectivity index (χ1v) is 12.8. The third-order valence-corrected chi connectivity index (χ3v) is 7.05. The van der Waals surface area contributed by atoms with Gasteiger partial charge in [-0.1, -0.05) is 42.0 Å². The molecular weight excluding hydrogens is 440 g/mol.